The van der Waals surface area contributed by atoms with Crippen molar-refractivity contribution in [3.8, 4) is 0 Å². The van der Waals surface area contributed by atoms with Gasteiger partial charge in [0.25, 0.3) is 0 Å². The minimum absolute atomic E-state index is 0.514. The van der Waals surface area contributed by atoms with Crippen LogP contribution in [0.4, 0.5) is 0 Å². The molecular weight excluding hydrogens is 122 g/mol. The maximum absolute atomic E-state index is 5.34. The van der Waals surface area contributed by atoms with Crippen molar-refractivity contribution in [2.75, 3.05) is 20.4 Å². The molecule has 50 valence electrons. The molecule has 0 spiro atoms. The molecule has 8 heavy (non-hydrogen) atoms. The molecule has 0 aliphatic carbocycles. The van der Waals surface area contributed by atoms with E-state index in [0.717, 1.165) is 0 Å². The molecule has 0 heterocycles. The first-order valence-corrected chi connectivity index (χ1v) is 5.01. The molecule has 0 radical (unpaired) electrons. The van der Waals surface area contributed by atoms with Crippen molar-refractivity contribution < 1.29 is 8.85 Å². The van der Waals surface area contributed by atoms with Crippen molar-refractivity contribution in [1.82, 2.24) is 0 Å². The van der Waals surface area contributed by atoms with Crippen LogP contribution in [-0.4, -0.2) is 28.9 Å². The molecule has 0 amide bonds. The third-order valence-corrected chi connectivity index (χ3v) is 3.70. The molecule has 0 aromatic rings. The number of hydrogen-bond donors (Lipinski definition) is 1. The minimum Gasteiger partial charge on any atom is -0.397 e. The summed E-state index contributed by atoms with van der Waals surface area (Å²) in [5, 5.41) is 0. The lowest BCUT2D eigenvalue weighted by Crippen LogP contribution is -2.44. The molecule has 0 saturated heterocycles. The summed E-state index contributed by atoms with van der Waals surface area (Å²) < 4.78 is 10.1. The smallest absolute Gasteiger partial charge is 0.348 e. The summed E-state index contributed by atoms with van der Waals surface area (Å²) in [7, 11) is 1.36. The highest BCUT2D eigenvalue weighted by Crippen LogP contribution is 1.98. The van der Waals surface area contributed by atoms with Gasteiger partial charge in [-0.3, -0.25) is 0 Å². The molecule has 0 atom stereocenters. The maximum Gasteiger partial charge on any atom is 0.348 e. The zero-order chi connectivity index (χ0) is 6.62. The summed E-state index contributed by atoms with van der Waals surface area (Å²) in [6, 6.07) is 0. The lowest BCUT2D eigenvalue weighted by molar-refractivity contribution is 0.251. The number of hydrogen-bond acceptors (Lipinski definition) is 3. The first kappa shape index (κ1) is 8.10. The van der Waals surface area contributed by atoms with E-state index in [-0.39, 0.29) is 0 Å². The standard InChI is InChI=1S/C4H13NO2Si/c1-6-8(3,4-5)7-2/h4-5H2,1-3H3. The van der Waals surface area contributed by atoms with Crippen LogP contribution in [0.3, 0.4) is 0 Å². The molecule has 0 aromatic carbocycles. The molecule has 0 bridgehead atoms. The van der Waals surface area contributed by atoms with Gasteiger partial charge in [-0.25, -0.2) is 0 Å². The summed E-state index contributed by atoms with van der Waals surface area (Å²) in [6.07, 6.45) is 0.514. The fourth-order valence-corrected chi connectivity index (χ4v) is 0.750. The Labute approximate surface area is 51.0 Å². The van der Waals surface area contributed by atoms with Crippen molar-refractivity contribution in [2.24, 2.45) is 5.73 Å². The SMILES string of the molecule is CO[Si](C)(CN)OC. The monoisotopic (exact) mass is 135 g/mol. The van der Waals surface area contributed by atoms with E-state index in [1.54, 1.807) is 14.2 Å². The van der Waals surface area contributed by atoms with E-state index in [9.17, 15) is 0 Å². The van der Waals surface area contributed by atoms with Crippen LogP contribution in [0, 0.1) is 0 Å². The highest BCUT2D eigenvalue weighted by Gasteiger charge is 2.25. The van der Waals surface area contributed by atoms with Gasteiger partial charge in [-0.15, -0.1) is 0 Å². The molecule has 0 fully saturated rings. The van der Waals surface area contributed by atoms with E-state index < -0.39 is 8.56 Å². The summed E-state index contributed by atoms with van der Waals surface area (Å²) in [5.74, 6) is 0. The Hall–Kier alpha value is 0.0969. The van der Waals surface area contributed by atoms with Crippen LogP contribution in [-0.2, 0) is 8.85 Å². The van der Waals surface area contributed by atoms with Crippen LogP contribution in [0.2, 0.25) is 6.55 Å². The molecule has 2 N–H and O–H groups in total. The molecular formula is C4H13NO2Si. The van der Waals surface area contributed by atoms with Gasteiger partial charge in [0.05, 0.1) is 0 Å². The molecule has 0 aromatic heterocycles. The fourth-order valence-electron chi connectivity index (χ4n) is 0.250. The molecule has 0 aliphatic rings. The Morgan fingerprint density at radius 1 is 1.38 bits per heavy atom. The van der Waals surface area contributed by atoms with Crippen LogP contribution in [0.25, 0.3) is 0 Å². The quantitative estimate of drug-likeness (QED) is 0.547. The Morgan fingerprint density at radius 2 is 1.75 bits per heavy atom. The van der Waals surface area contributed by atoms with E-state index in [1.807, 2.05) is 6.55 Å². The van der Waals surface area contributed by atoms with E-state index in [2.05, 4.69) is 0 Å². The van der Waals surface area contributed by atoms with Gasteiger partial charge in [-0.05, 0) is 6.55 Å². The van der Waals surface area contributed by atoms with Gasteiger partial charge >= 0.3 is 8.56 Å². The molecule has 3 nitrogen and oxygen atoms in total. The highest BCUT2D eigenvalue weighted by atomic mass is 28.4. The molecule has 0 aliphatic heterocycles. The Kier molecular flexibility index (Phi) is 3.23. The van der Waals surface area contributed by atoms with Gasteiger partial charge in [0.2, 0.25) is 0 Å². The number of rotatable bonds is 3. The first-order chi connectivity index (χ1) is 3.68. The molecule has 0 rings (SSSR count). The third-order valence-electron chi connectivity index (χ3n) is 1.23. The van der Waals surface area contributed by atoms with Crippen molar-refractivity contribution in [3.63, 3.8) is 0 Å². The van der Waals surface area contributed by atoms with E-state index in [1.165, 1.54) is 0 Å². The third kappa shape index (κ3) is 1.91. The summed E-state index contributed by atoms with van der Waals surface area (Å²) in [4.78, 5) is 0. The molecule has 4 heteroatoms. The molecule has 0 unspecified atom stereocenters. The predicted octanol–water partition coefficient (Wildman–Crippen LogP) is -0.151. The second kappa shape index (κ2) is 3.19. The topological polar surface area (TPSA) is 44.5 Å². The van der Waals surface area contributed by atoms with E-state index in [4.69, 9.17) is 14.6 Å². The van der Waals surface area contributed by atoms with Crippen molar-refractivity contribution in [1.29, 1.82) is 0 Å². The Morgan fingerprint density at radius 3 is 1.75 bits per heavy atom. The summed E-state index contributed by atoms with van der Waals surface area (Å²) in [6.45, 7) is 1.92. The Bertz CT molecular complexity index is 56.8. The lowest BCUT2D eigenvalue weighted by Gasteiger charge is -2.19. The number of nitrogens with two attached hydrogens (primary N) is 1. The van der Waals surface area contributed by atoms with Gasteiger partial charge in [0.1, 0.15) is 0 Å². The highest BCUT2D eigenvalue weighted by molar-refractivity contribution is 6.66. The van der Waals surface area contributed by atoms with Crippen molar-refractivity contribution in [2.45, 2.75) is 6.55 Å². The van der Waals surface area contributed by atoms with Crippen LogP contribution in [0.5, 0.6) is 0 Å². The van der Waals surface area contributed by atoms with Gasteiger partial charge in [-0.1, -0.05) is 0 Å². The van der Waals surface area contributed by atoms with Gasteiger partial charge < -0.3 is 14.6 Å². The summed E-state index contributed by atoms with van der Waals surface area (Å²) >= 11 is 0. The van der Waals surface area contributed by atoms with Crippen LogP contribution < -0.4 is 5.73 Å². The average molecular weight is 135 g/mol. The second-order valence-corrected chi connectivity index (χ2v) is 5.24. The Balaban J connectivity index is 3.58. The van der Waals surface area contributed by atoms with Crippen molar-refractivity contribution >= 4 is 8.56 Å². The molecule has 0 saturated carbocycles. The van der Waals surface area contributed by atoms with Crippen LogP contribution in [0.15, 0.2) is 0 Å². The summed E-state index contributed by atoms with van der Waals surface area (Å²) in [5.41, 5.74) is 5.34. The van der Waals surface area contributed by atoms with Crippen molar-refractivity contribution in [3.05, 3.63) is 0 Å². The first-order valence-electron chi connectivity index (χ1n) is 2.49. The van der Waals surface area contributed by atoms with Gasteiger partial charge in [0, 0.05) is 20.4 Å². The zero-order valence-electron chi connectivity index (χ0n) is 5.60. The van der Waals surface area contributed by atoms with Crippen LogP contribution in [0.1, 0.15) is 0 Å². The van der Waals surface area contributed by atoms with Crippen LogP contribution >= 0.6 is 0 Å². The maximum atomic E-state index is 5.34. The van der Waals surface area contributed by atoms with E-state index in [0.29, 0.717) is 6.17 Å². The normalized spacial score (nSPS) is 12.0. The predicted molar refractivity (Wildman–Crippen MR) is 34.7 cm³/mol. The van der Waals surface area contributed by atoms with Gasteiger partial charge in [-0.2, -0.15) is 0 Å². The lowest BCUT2D eigenvalue weighted by atomic mass is 11.5. The fraction of sp³-hybridized carbons (Fsp3) is 1.00. The average Bonchev–Trinajstić information content (AvgIpc) is 1.87. The second-order valence-electron chi connectivity index (χ2n) is 1.75. The van der Waals surface area contributed by atoms with Gasteiger partial charge in [0.15, 0.2) is 0 Å². The zero-order valence-corrected chi connectivity index (χ0v) is 6.60. The minimum atomic E-state index is -1.89. The van der Waals surface area contributed by atoms with E-state index >= 15 is 0 Å². The largest absolute Gasteiger partial charge is 0.397 e.